The number of furan rings is 1. The molecule has 7 nitrogen and oxygen atoms in total. The first-order valence-electron chi connectivity index (χ1n) is 10.7. The Labute approximate surface area is 212 Å². The number of ether oxygens (including phenoxy) is 1. The first-order chi connectivity index (χ1) is 16.9. The summed E-state index contributed by atoms with van der Waals surface area (Å²) in [6.07, 6.45) is 1.68. The number of nitrogens with zero attached hydrogens (tertiary/aromatic N) is 2. The molecule has 2 aromatic carbocycles. The summed E-state index contributed by atoms with van der Waals surface area (Å²) in [5.41, 5.74) is 2.07. The van der Waals surface area contributed by atoms with Crippen molar-refractivity contribution >= 4 is 44.9 Å². The van der Waals surface area contributed by atoms with Crippen molar-refractivity contribution in [2.45, 2.75) is 13.0 Å². The Morgan fingerprint density at radius 1 is 1.17 bits per heavy atom. The summed E-state index contributed by atoms with van der Waals surface area (Å²) in [7, 11) is 1.58. The lowest BCUT2D eigenvalue weighted by atomic mass is 9.95. The van der Waals surface area contributed by atoms with Gasteiger partial charge in [-0.25, -0.2) is 4.99 Å². The largest absolute Gasteiger partial charge is 0.497 e. The van der Waals surface area contributed by atoms with Crippen LogP contribution in [0.1, 0.15) is 24.3 Å². The SMILES string of the molecule is COc1cccc([C@@H]2C(C(=O)Nc3ccccc3)=C(C)N=c3s/c(=C\c4ccc(Br)o4)c(=O)n32)c1. The third-order valence-electron chi connectivity index (χ3n) is 5.57. The van der Waals surface area contributed by atoms with E-state index in [-0.39, 0.29) is 11.5 Å². The Morgan fingerprint density at radius 2 is 1.97 bits per heavy atom. The van der Waals surface area contributed by atoms with E-state index in [1.54, 1.807) is 36.8 Å². The highest BCUT2D eigenvalue weighted by atomic mass is 79.9. The van der Waals surface area contributed by atoms with Crippen molar-refractivity contribution in [3.05, 3.63) is 114 Å². The molecule has 4 aromatic rings. The molecule has 0 spiro atoms. The van der Waals surface area contributed by atoms with Crippen LogP contribution in [-0.4, -0.2) is 17.6 Å². The van der Waals surface area contributed by atoms with Crippen LogP contribution in [0.3, 0.4) is 0 Å². The molecule has 0 radical (unpaired) electrons. The van der Waals surface area contributed by atoms with Crippen molar-refractivity contribution in [1.29, 1.82) is 0 Å². The molecular formula is C26H20BrN3O4S. The third kappa shape index (κ3) is 4.52. The van der Waals surface area contributed by atoms with E-state index >= 15 is 0 Å². The molecule has 0 saturated heterocycles. The number of hydrogen-bond acceptors (Lipinski definition) is 6. The zero-order valence-electron chi connectivity index (χ0n) is 18.8. The van der Waals surface area contributed by atoms with E-state index in [1.807, 2.05) is 54.6 Å². The molecule has 1 aliphatic rings. The Hall–Kier alpha value is -3.69. The number of nitrogens with one attached hydrogen (secondary N) is 1. The average molecular weight is 550 g/mol. The van der Waals surface area contributed by atoms with E-state index in [1.165, 1.54) is 11.3 Å². The second-order valence-corrected chi connectivity index (χ2v) is 9.61. The molecule has 9 heteroatoms. The van der Waals surface area contributed by atoms with Gasteiger partial charge in [0.15, 0.2) is 9.47 Å². The van der Waals surface area contributed by atoms with Crippen molar-refractivity contribution in [3.8, 4) is 5.75 Å². The number of hydrogen-bond donors (Lipinski definition) is 1. The molecule has 0 fully saturated rings. The molecule has 0 bridgehead atoms. The normalized spacial score (nSPS) is 15.5. The van der Waals surface area contributed by atoms with Crippen LogP contribution in [0.4, 0.5) is 5.69 Å². The molecule has 0 saturated carbocycles. The Kier molecular flexibility index (Phi) is 6.27. The van der Waals surface area contributed by atoms with E-state index in [0.717, 1.165) is 5.56 Å². The minimum Gasteiger partial charge on any atom is -0.497 e. The van der Waals surface area contributed by atoms with Crippen LogP contribution in [0, 0.1) is 0 Å². The highest BCUT2D eigenvalue weighted by Gasteiger charge is 2.32. The first kappa shape index (κ1) is 23.1. The summed E-state index contributed by atoms with van der Waals surface area (Å²) in [5, 5.41) is 2.94. The predicted octanol–water partition coefficient (Wildman–Crippen LogP) is 4.24. The smallest absolute Gasteiger partial charge is 0.271 e. The molecule has 1 atom stereocenters. The number of para-hydroxylation sites is 1. The fraction of sp³-hybridized carbons (Fsp3) is 0.115. The van der Waals surface area contributed by atoms with E-state index in [0.29, 0.717) is 42.5 Å². The van der Waals surface area contributed by atoms with E-state index < -0.39 is 6.04 Å². The van der Waals surface area contributed by atoms with Gasteiger partial charge in [-0.1, -0.05) is 41.7 Å². The summed E-state index contributed by atoms with van der Waals surface area (Å²) in [6, 6.07) is 19.4. The number of methoxy groups -OCH3 is 1. The lowest BCUT2D eigenvalue weighted by molar-refractivity contribution is -0.113. The zero-order valence-corrected chi connectivity index (χ0v) is 21.2. The first-order valence-corrected chi connectivity index (χ1v) is 12.3. The molecule has 3 heterocycles. The number of rotatable bonds is 5. The number of halogens is 1. The number of carbonyl (C=O) groups excluding carboxylic acids is 1. The maximum atomic E-state index is 13.6. The Morgan fingerprint density at radius 3 is 2.69 bits per heavy atom. The number of anilines is 1. The van der Waals surface area contributed by atoms with Crippen molar-refractivity contribution in [2.24, 2.45) is 4.99 Å². The average Bonchev–Trinajstić information content (AvgIpc) is 3.40. The maximum Gasteiger partial charge on any atom is 0.271 e. The number of aromatic nitrogens is 1. The lowest BCUT2D eigenvalue weighted by Gasteiger charge is -2.25. The molecule has 0 aliphatic carbocycles. The van der Waals surface area contributed by atoms with Crippen molar-refractivity contribution in [3.63, 3.8) is 0 Å². The van der Waals surface area contributed by atoms with E-state index in [2.05, 4.69) is 26.2 Å². The Balaban J connectivity index is 1.69. The maximum absolute atomic E-state index is 13.6. The minimum absolute atomic E-state index is 0.258. The zero-order chi connectivity index (χ0) is 24.5. The second-order valence-electron chi connectivity index (χ2n) is 7.82. The van der Waals surface area contributed by atoms with Gasteiger partial charge in [0.1, 0.15) is 11.5 Å². The predicted molar refractivity (Wildman–Crippen MR) is 138 cm³/mol. The lowest BCUT2D eigenvalue weighted by Crippen LogP contribution is -2.40. The van der Waals surface area contributed by atoms with Gasteiger partial charge in [-0.15, -0.1) is 0 Å². The number of fused-ring (bicyclic) bond motifs is 1. The summed E-state index contributed by atoms with van der Waals surface area (Å²) >= 11 is 4.54. The number of allylic oxidation sites excluding steroid dienone is 1. The van der Waals surface area contributed by atoms with Crippen LogP contribution in [0.5, 0.6) is 5.75 Å². The van der Waals surface area contributed by atoms with Gasteiger partial charge in [0.2, 0.25) is 0 Å². The summed E-state index contributed by atoms with van der Waals surface area (Å²) < 4.78 is 13.6. The highest BCUT2D eigenvalue weighted by Crippen LogP contribution is 2.32. The van der Waals surface area contributed by atoms with Gasteiger partial charge in [-0.2, -0.15) is 0 Å². The van der Waals surface area contributed by atoms with Crippen molar-refractivity contribution in [2.75, 3.05) is 12.4 Å². The summed E-state index contributed by atoms with van der Waals surface area (Å²) in [6.45, 7) is 1.79. The van der Waals surface area contributed by atoms with E-state index in [9.17, 15) is 9.59 Å². The number of amides is 1. The van der Waals surface area contributed by atoms with Crippen LogP contribution in [0.2, 0.25) is 0 Å². The van der Waals surface area contributed by atoms with Gasteiger partial charge >= 0.3 is 0 Å². The fourth-order valence-corrected chi connectivity index (χ4v) is 5.34. The number of thiazole rings is 1. The van der Waals surface area contributed by atoms with Crippen molar-refractivity contribution < 1.29 is 13.9 Å². The Bertz CT molecular complexity index is 1630. The molecule has 0 unspecified atom stereocenters. The van der Waals surface area contributed by atoms with Crippen molar-refractivity contribution in [1.82, 2.24) is 4.57 Å². The molecule has 5 rings (SSSR count). The third-order valence-corrected chi connectivity index (χ3v) is 6.98. The monoisotopic (exact) mass is 549 g/mol. The van der Waals surface area contributed by atoms with Crippen LogP contribution < -0.4 is 24.9 Å². The molecule has 1 aliphatic heterocycles. The van der Waals surface area contributed by atoms with Crippen LogP contribution in [-0.2, 0) is 4.79 Å². The molecule has 1 N–H and O–H groups in total. The number of benzene rings is 2. The molecule has 176 valence electrons. The van der Waals surface area contributed by atoms with Crippen LogP contribution in [0.25, 0.3) is 6.08 Å². The molecule has 35 heavy (non-hydrogen) atoms. The number of carbonyl (C=O) groups is 1. The van der Waals surface area contributed by atoms with Crippen LogP contribution >= 0.6 is 27.3 Å². The summed E-state index contributed by atoms with van der Waals surface area (Å²) in [4.78, 5) is 32.3. The quantitative estimate of drug-likeness (QED) is 0.403. The van der Waals surface area contributed by atoms with E-state index in [4.69, 9.17) is 9.15 Å². The molecule has 1 amide bonds. The van der Waals surface area contributed by atoms with Gasteiger partial charge in [-0.3, -0.25) is 14.2 Å². The van der Waals surface area contributed by atoms with Gasteiger partial charge in [0.25, 0.3) is 11.5 Å². The minimum atomic E-state index is -0.685. The summed E-state index contributed by atoms with van der Waals surface area (Å²) in [5.74, 6) is 0.842. The van der Waals surface area contributed by atoms with Gasteiger partial charge in [-0.05, 0) is 64.8 Å². The fourth-order valence-electron chi connectivity index (χ4n) is 3.99. The second kappa shape index (κ2) is 9.52. The topological polar surface area (TPSA) is 85.8 Å². The van der Waals surface area contributed by atoms with Gasteiger partial charge < -0.3 is 14.5 Å². The standard InChI is InChI=1S/C26H20BrN3O4S/c1-15-22(24(31)29-17-8-4-3-5-9-17)23(16-7-6-10-18(13-16)33-2)30-25(32)20(35-26(30)28-15)14-19-11-12-21(27)34-19/h3-14,23H,1-2H3,(H,29,31)/b20-14-/t23-/m1/s1. The van der Waals surface area contributed by atoms with Gasteiger partial charge in [0, 0.05) is 11.8 Å². The van der Waals surface area contributed by atoms with Gasteiger partial charge in [0.05, 0.1) is 29.0 Å². The van der Waals surface area contributed by atoms with Crippen LogP contribution in [0.15, 0.2) is 96.9 Å². The molecule has 2 aromatic heterocycles. The molecular weight excluding hydrogens is 530 g/mol. The highest BCUT2D eigenvalue weighted by molar-refractivity contribution is 9.10.